The average Bonchev–Trinajstić information content (AvgIpc) is 2.90. The van der Waals surface area contributed by atoms with E-state index in [4.69, 9.17) is 4.74 Å². The van der Waals surface area contributed by atoms with Crippen molar-refractivity contribution in [3.63, 3.8) is 0 Å². The molecule has 20 heavy (non-hydrogen) atoms. The van der Waals surface area contributed by atoms with Gasteiger partial charge in [-0.25, -0.2) is 0 Å². The van der Waals surface area contributed by atoms with Crippen LogP contribution in [-0.2, 0) is 11.3 Å². The van der Waals surface area contributed by atoms with Crippen LogP contribution in [0.15, 0.2) is 36.5 Å². The highest BCUT2D eigenvalue weighted by Gasteiger charge is 2.19. The molecule has 0 unspecified atom stereocenters. The molecule has 0 fully saturated rings. The van der Waals surface area contributed by atoms with Gasteiger partial charge in [0.1, 0.15) is 0 Å². The topological polar surface area (TPSA) is 58.2 Å². The summed E-state index contributed by atoms with van der Waals surface area (Å²) in [6.07, 6.45) is 1.57. The number of hydrogen-bond donors (Lipinski definition) is 1. The molecule has 0 atom stereocenters. The summed E-state index contributed by atoms with van der Waals surface area (Å²) in [4.78, 5) is 14.3. The number of nitrogens with zero attached hydrogens (tertiary/aromatic N) is 2. The summed E-state index contributed by atoms with van der Waals surface area (Å²) in [6.45, 7) is 3.47. The fraction of sp³-hybridized carbons (Fsp3) is 0.333. The molecule has 0 saturated heterocycles. The van der Waals surface area contributed by atoms with Gasteiger partial charge in [0.2, 0.25) is 0 Å². The third kappa shape index (κ3) is 3.45. The molecule has 2 rings (SSSR count). The molecule has 5 nitrogen and oxygen atoms in total. The van der Waals surface area contributed by atoms with Crippen molar-refractivity contribution in [2.24, 2.45) is 0 Å². The van der Waals surface area contributed by atoms with Crippen molar-refractivity contribution in [3.05, 3.63) is 53.3 Å². The predicted molar refractivity (Wildman–Crippen MR) is 76.4 cm³/mol. The van der Waals surface area contributed by atoms with Crippen molar-refractivity contribution < 1.29 is 9.53 Å². The van der Waals surface area contributed by atoms with Crippen molar-refractivity contribution in [3.8, 4) is 0 Å². The number of aromatic nitrogens is 2. The second-order valence-electron chi connectivity index (χ2n) is 4.61. The molecule has 1 aromatic carbocycles. The zero-order chi connectivity index (χ0) is 14.4. The van der Waals surface area contributed by atoms with Crippen LogP contribution >= 0.6 is 0 Å². The lowest BCUT2D eigenvalue weighted by atomic mass is 10.2. The monoisotopic (exact) mass is 273 g/mol. The largest absolute Gasteiger partial charge is 0.383 e. The summed E-state index contributed by atoms with van der Waals surface area (Å²) in [5.41, 5.74) is 2.49. The zero-order valence-electron chi connectivity index (χ0n) is 11.8. The second kappa shape index (κ2) is 6.86. The Hall–Kier alpha value is -2.14. The van der Waals surface area contributed by atoms with E-state index in [1.165, 1.54) is 0 Å². The molecule has 0 bridgehead atoms. The molecule has 106 valence electrons. The van der Waals surface area contributed by atoms with Crippen LogP contribution in [0.2, 0.25) is 0 Å². The molecule has 5 heteroatoms. The lowest BCUT2D eigenvalue weighted by molar-refractivity contribution is 0.0680. The van der Waals surface area contributed by atoms with Crippen LogP contribution in [0.4, 0.5) is 0 Å². The average molecular weight is 273 g/mol. The van der Waals surface area contributed by atoms with Crippen LogP contribution in [-0.4, -0.2) is 41.3 Å². The first-order valence-electron chi connectivity index (χ1n) is 6.54. The Morgan fingerprint density at radius 2 is 2.10 bits per heavy atom. The maximum Gasteiger partial charge on any atom is 0.257 e. The van der Waals surface area contributed by atoms with Crippen molar-refractivity contribution in [2.45, 2.75) is 13.5 Å². The maximum absolute atomic E-state index is 12.5. The minimum absolute atomic E-state index is 0.0304. The first kappa shape index (κ1) is 14.3. The van der Waals surface area contributed by atoms with Crippen LogP contribution in [0.25, 0.3) is 0 Å². The van der Waals surface area contributed by atoms with Crippen molar-refractivity contribution in [2.75, 3.05) is 20.3 Å². The third-order valence-electron chi connectivity index (χ3n) is 3.13. The molecule has 1 N–H and O–H groups in total. The molecular formula is C15H19N3O2. The van der Waals surface area contributed by atoms with E-state index in [2.05, 4.69) is 10.2 Å². The van der Waals surface area contributed by atoms with Gasteiger partial charge < -0.3 is 9.64 Å². The van der Waals surface area contributed by atoms with Gasteiger partial charge in [-0.2, -0.15) is 5.10 Å². The molecule has 1 aromatic heterocycles. The van der Waals surface area contributed by atoms with Gasteiger partial charge >= 0.3 is 0 Å². The van der Waals surface area contributed by atoms with Gasteiger partial charge in [0.05, 0.1) is 18.4 Å². The number of hydrogen-bond acceptors (Lipinski definition) is 3. The molecular weight excluding hydrogens is 254 g/mol. The maximum atomic E-state index is 12.5. The predicted octanol–water partition coefficient (Wildman–Crippen LogP) is 2.01. The van der Waals surface area contributed by atoms with Crippen molar-refractivity contribution >= 4 is 5.91 Å². The van der Waals surface area contributed by atoms with E-state index in [9.17, 15) is 4.79 Å². The molecule has 0 saturated carbocycles. The number of carbonyl (C=O) groups excluding carboxylic acids is 1. The summed E-state index contributed by atoms with van der Waals surface area (Å²) in [6, 6.07) is 9.92. The Kier molecular flexibility index (Phi) is 4.90. The SMILES string of the molecule is COCCN(Cc1ccccc1)C(=O)c1cn[nH]c1C. The number of rotatable bonds is 6. The summed E-state index contributed by atoms with van der Waals surface area (Å²) in [7, 11) is 1.63. The highest BCUT2D eigenvalue weighted by atomic mass is 16.5. The van der Waals surface area contributed by atoms with Gasteiger partial charge in [-0.15, -0.1) is 0 Å². The fourth-order valence-electron chi connectivity index (χ4n) is 1.99. The van der Waals surface area contributed by atoms with E-state index >= 15 is 0 Å². The van der Waals surface area contributed by atoms with Gasteiger partial charge in [-0.1, -0.05) is 30.3 Å². The Balaban J connectivity index is 2.15. The minimum atomic E-state index is -0.0304. The molecule has 0 spiro atoms. The van der Waals surface area contributed by atoms with Crippen LogP contribution < -0.4 is 0 Å². The van der Waals surface area contributed by atoms with Crippen LogP contribution in [0.3, 0.4) is 0 Å². The molecule has 1 heterocycles. The number of benzene rings is 1. The van der Waals surface area contributed by atoms with Crippen molar-refractivity contribution in [1.29, 1.82) is 0 Å². The lowest BCUT2D eigenvalue weighted by Crippen LogP contribution is -2.33. The summed E-state index contributed by atoms with van der Waals surface area (Å²) < 4.78 is 5.09. The molecule has 1 amide bonds. The lowest BCUT2D eigenvalue weighted by Gasteiger charge is -2.22. The third-order valence-corrected chi connectivity index (χ3v) is 3.13. The molecule has 0 aliphatic carbocycles. The minimum Gasteiger partial charge on any atom is -0.383 e. The van der Waals surface area contributed by atoms with E-state index in [1.54, 1.807) is 18.2 Å². The standard InChI is InChI=1S/C15H19N3O2/c1-12-14(10-16-17-12)15(19)18(8-9-20-2)11-13-6-4-3-5-7-13/h3-7,10H,8-9,11H2,1-2H3,(H,16,17). The number of aryl methyl sites for hydroxylation is 1. The van der Waals surface area contributed by atoms with E-state index in [0.717, 1.165) is 11.3 Å². The Morgan fingerprint density at radius 1 is 1.35 bits per heavy atom. The number of aromatic amines is 1. The molecule has 2 aromatic rings. The number of methoxy groups -OCH3 is 1. The number of amides is 1. The van der Waals surface area contributed by atoms with Gasteiger partial charge in [-0.3, -0.25) is 9.89 Å². The van der Waals surface area contributed by atoms with Gasteiger partial charge in [0, 0.05) is 25.9 Å². The van der Waals surface area contributed by atoms with Gasteiger partial charge in [0.25, 0.3) is 5.91 Å². The Labute approximate surface area is 118 Å². The number of H-pyrrole nitrogens is 1. The number of ether oxygens (including phenoxy) is 1. The van der Waals surface area contributed by atoms with E-state index < -0.39 is 0 Å². The van der Waals surface area contributed by atoms with Crippen LogP contribution in [0.1, 0.15) is 21.6 Å². The first-order chi connectivity index (χ1) is 9.72. The number of carbonyl (C=O) groups is 1. The zero-order valence-corrected chi connectivity index (χ0v) is 11.8. The molecule has 0 aliphatic heterocycles. The quantitative estimate of drug-likeness (QED) is 0.876. The van der Waals surface area contributed by atoms with Gasteiger partial charge in [0.15, 0.2) is 0 Å². The normalized spacial score (nSPS) is 10.5. The second-order valence-corrected chi connectivity index (χ2v) is 4.61. The Morgan fingerprint density at radius 3 is 2.70 bits per heavy atom. The van der Waals surface area contributed by atoms with E-state index in [1.807, 2.05) is 37.3 Å². The summed E-state index contributed by atoms with van der Waals surface area (Å²) >= 11 is 0. The van der Waals surface area contributed by atoms with Crippen molar-refractivity contribution in [1.82, 2.24) is 15.1 Å². The van der Waals surface area contributed by atoms with Crippen LogP contribution in [0.5, 0.6) is 0 Å². The van der Waals surface area contributed by atoms with E-state index in [-0.39, 0.29) is 5.91 Å². The first-order valence-corrected chi connectivity index (χ1v) is 6.54. The van der Waals surface area contributed by atoms with E-state index in [0.29, 0.717) is 25.3 Å². The van der Waals surface area contributed by atoms with Gasteiger partial charge in [-0.05, 0) is 12.5 Å². The smallest absolute Gasteiger partial charge is 0.257 e. The number of nitrogens with one attached hydrogen (secondary N) is 1. The Bertz CT molecular complexity index is 551. The highest BCUT2D eigenvalue weighted by molar-refractivity contribution is 5.95. The fourth-order valence-corrected chi connectivity index (χ4v) is 1.99. The summed E-state index contributed by atoms with van der Waals surface area (Å²) in [5, 5.41) is 6.70. The molecule has 0 aliphatic rings. The summed E-state index contributed by atoms with van der Waals surface area (Å²) in [5.74, 6) is -0.0304. The molecule has 0 radical (unpaired) electrons. The highest BCUT2D eigenvalue weighted by Crippen LogP contribution is 2.11. The van der Waals surface area contributed by atoms with Crippen LogP contribution in [0, 0.1) is 6.92 Å².